The van der Waals surface area contributed by atoms with Crippen LogP contribution in [-0.2, 0) is 19.6 Å². The van der Waals surface area contributed by atoms with Gasteiger partial charge in [0.15, 0.2) is 5.75 Å². The standard InChI is InChI=1S/C9H18O6S/c1-9(2,3)4-7(10)5-15-8(11)6-16(12,13)14/h7,10H,4-6H2,1-3H3,(H,12,13,14). The van der Waals surface area contributed by atoms with Crippen molar-refractivity contribution in [3.63, 3.8) is 0 Å². The van der Waals surface area contributed by atoms with E-state index in [2.05, 4.69) is 4.74 Å². The van der Waals surface area contributed by atoms with Crippen molar-refractivity contribution in [3.8, 4) is 0 Å². The lowest BCUT2D eigenvalue weighted by Crippen LogP contribution is -2.26. The molecule has 0 heterocycles. The Morgan fingerprint density at radius 3 is 2.25 bits per heavy atom. The second kappa shape index (κ2) is 5.60. The Balaban J connectivity index is 3.94. The van der Waals surface area contributed by atoms with E-state index in [1.807, 2.05) is 20.8 Å². The first kappa shape index (κ1) is 15.3. The summed E-state index contributed by atoms with van der Waals surface area (Å²) >= 11 is 0. The number of hydrogen-bond acceptors (Lipinski definition) is 5. The van der Waals surface area contributed by atoms with Crippen LogP contribution in [0.1, 0.15) is 27.2 Å². The van der Waals surface area contributed by atoms with Crippen molar-refractivity contribution in [2.45, 2.75) is 33.3 Å². The molecule has 0 bridgehead atoms. The van der Waals surface area contributed by atoms with Crippen LogP contribution in [-0.4, -0.2) is 42.5 Å². The minimum Gasteiger partial charge on any atom is -0.462 e. The van der Waals surface area contributed by atoms with Gasteiger partial charge in [0.25, 0.3) is 10.1 Å². The monoisotopic (exact) mass is 254 g/mol. The molecule has 1 unspecified atom stereocenters. The normalized spacial score (nSPS) is 14.6. The van der Waals surface area contributed by atoms with Crippen LogP contribution in [0, 0.1) is 5.41 Å². The van der Waals surface area contributed by atoms with E-state index in [0.29, 0.717) is 6.42 Å². The van der Waals surface area contributed by atoms with Gasteiger partial charge in [0, 0.05) is 0 Å². The van der Waals surface area contributed by atoms with Gasteiger partial charge >= 0.3 is 5.97 Å². The highest BCUT2D eigenvalue weighted by atomic mass is 32.2. The predicted octanol–water partition coefficient (Wildman–Crippen LogP) is 0.215. The van der Waals surface area contributed by atoms with Gasteiger partial charge in [-0.2, -0.15) is 8.42 Å². The molecule has 0 aliphatic rings. The largest absolute Gasteiger partial charge is 0.462 e. The van der Waals surface area contributed by atoms with Gasteiger partial charge in [-0.3, -0.25) is 9.35 Å². The molecular weight excluding hydrogens is 236 g/mol. The summed E-state index contributed by atoms with van der Waals surface area (Å²) in [5.74, 6) is -2.16. The van der Waals surface area contributed by atoms with Crippen molar-refractivity contribution in [2.24, 2.45) is 5.41 Å². The smallest absolute Gasteiger partial charge is 0.323 e. The summed E-state index contributed by atoms with van der Waals surface area (Å²) in [6, 6.07) is 0. The quantitative estimate of drug-likeness (QED) is 0.537. The molecule has 0 saturated heterocycles. The highest BCUT2D eigenvalue weighted by molar-refractivity contribution is 7.86. The van der Waals surface area contributed by atoms with Gasteiger partial charge in [-0.05, 0) is 11.8 Å². The van der Waals surface area contributed by atoms with Crippen molar-refractivity contribution in [1.29, 1.82) is 0 Å². The third kappa shape index (κ3) is 9.88. The Hall–Kier alpha value is -0.660. The van der Waals surface area contributed by atoms with Gasteiger partial charge in [0.1, 0.15) is 6.61 Å². The molecule has 1 atom stereocenters. The lowest BCUT2D eigenvalue weighted by Gasteiger charge is -2.21. The fraction of sp³-hybridized carbons (Fsp3) is 0.889. The average Bonchev–Trinajstić information content (AvgIpc) is 1.94. The molecule has 0 aromatic rings. The Labute approximate surface area is 95.4 Å². The number of hydrogen-bond donors (Lipinski definition) is 2. The van der Waals surface area contributed by atoms with Crippen LogP contribution in [0.25, 0.3) is 0 Å². The van der Waals surface area contributed by atoms with E-state index in [9.17, 15) is 18.3 Å². The van der Waals surface area contributed by atoms with Crippen LogP contribution in [0.15, 0.2) is 0 Å². The number of aliphatic hydroxyl groups is 1. The van der Waals surface area contributed by atoms with Crippen LogP contribution in [0.3, 0.4) is 0 Å². The van der Waals surface area contributed by atoms with Crippen LogP contribution < -0.4 is 0 Å². The molecule has 0 aromatic heterocycles. The van der Waals surface area contributed by atoms with E-state index < -0.39 is 27.9 Å². The van der Waals surface area contributed by atoms with Gasteiger partial charge in [-0.1, -0.05) is 20.8 Å². The SMILES string of the molecule is CC(C)(C)CC(O)COC(=O)CS(=O)(=O)O. The van der Waals surface area contributed by atoms with Crippen molar-refractivity contribution in [1.82, 2.24) is 0 Å². The number of rotatable bonds is 5. The Kier molecular flexibility index (Phi) is 5.37. The van der Waals surface area contributed by atoms with Gasteiger partial charge < -0.3 is 9.84 Å². The first-order chi connectivity index (χ1) is 6.99. The van der Waals surface area contributed by atoms with Crippen LogP contribution in [0.5, 0.6) is 0 Å². The van der Waals surface area contributed by atoms with E-state index in [0.717, 1.165) is 0 Å². The lowest BCUT2D eigenvalue weighted by molar-refractivity contribution is -0.144. The number of ether oxygens (including phenoxy) is 1. The van der Waals surface area contributed by atoms with Gasteiger partial charge in [-0.25, -0.2) is 0 Å². The average molecular weight is 254 g/mol. The Morgan fingerprint density at radius 1 is 1.38 bits per heavy atom. The molecular formula is C9H18O6S. The zero-order chi connectivity index (χ0) is 13.0. The van der Waals surface area contributed by atoms with Crippen LogP contribution in [0.2, 0.25) is 0 Å². The fourth-order valence-corrected chi connectivity index (χ4v) is 1.53. The molecule has 96 valence electrons. The van der Waals surface area contributed by atoms with E-state index >= 15 is 0 Å². The minimum atomic E-state index is -4.36. The van der Waals surface area contributed by atoms with Gasteiger partial charge in [0.05, 0.1) is 6.10 Å². The molecule has 0 radical (unpaired) electrons. The third-order valence-corrected chi connectivity index (χ3v) is 2.19. The van der Waals surface area contributed by atoms with Crippen molar-refractivity contribution in [2.75, 3.05) is 12.4 Å². The molecule has 2 N–H and O–H groups in total. The summed E-state index contributed by atoms with van der Waals surface area (Å²) < 4.78 is 33.5. The molecule has 0 amide bonds. The molecule has 0 saturated carbocycles. The molecule has 0 aliphatic carbocycles. The molecule has 16 heavy (non-hydrogen) atoms. The maximum absolute atomic E-state index is 10.9. The highest BCUT2D eigenvalue weighted by Crippen LogP contribution is 2.20. The predicted molar refractivity (Wildman–Crippen MR) is 57.5 cm³/mol. The first-order valence-corrected chi connectivity index (χ1v) is 6.39. The third-order valence-electron chi connectivity index (χ3n) is 1.58. The molecule has 0 aliphatic heterocycles. The molecule has 6 nitrogen and oxygen atoms in total. The Bertz CT molecular complexity index is 326. The van der Waals surface area contributed by atoms with Gasteiger partial charge in [0.2, 0.25) is 0 Å². The number of esters is 1. The molecule has 0 spiro atoms. The highest BCUT2D eigenvalue weighted by Gasteiger charge is 2.19. The zero-order valence-electron chi connectivity index (χ0n) is 9.63. The van der Waals surface area contributed by atoms with Crippen molar-refractivity contribution >= 4 is 16.1 Å². The van der Waals surface area contributed by atoms with Crippen molar-refractivity contribution < 1.29 is 27.6 Å². The molecule has 0 rings (SSSR count). The molecule has 0 aromatic carbocycles. The van der Waals surface area contributed by atoms with Gasteiger partial charge in [-0.15, -0.1) is 0 Å². The fourth-order valence-electron chi connectivity index (χ4n) is 1.15. The van der Waals surface area contributed by atoms with E-state index in [1.165, 1.54) is 0 Å². The van der Waals surface area contributed by atoms with Crippen LogP contribution in [0.4, 0.5) is 0 Å². The lowest BCUT2D eigenvalue weighted by atomic mass is 9.89. The second-order valence-electron chi connectivity index (χ2n) is 4.83. The summed E-state index contributed by atoms with van der Waals surface area (Å²) in [6.45, 7) is 5.47. The second-order valence-corrected chi connectivity index (χ2v) is 6.28. The topological polar surface area (TPSA) is 101 Å². The summed E-state index contributed by atoms with van der Waals surface area (Å²) in [5, 5.41) is 9.44. The van der Waals surface area contributed by atoms with E-state index in [4.69, 9.17) is 4.55 Å². The molecule has 0 fully saturated rings. The first-order valence-electron chi connectivity index (χ1n) is 4.78. The summed E-state index contributed by atoms with van der Waals surface area (Å²) in [6.07, 6.45) is -0.419. The number of carbonyl (C=O) groups is 1. The Morgan fingerprint density at radius 2 is 1.88 bits per heavy atom. The molecule has 7 heteroatoms. The maximum atomic E-state index is 10.9. The summed E-state index contributed by atoms with van der Waals surface area (Å²) in [4.78, 5) is 10.9. The van der Waals surface area contributed by atoms with E-state index in [-0.39, 0.29) is 12.0 Å². The summed E-state index contributed by atoms with van der Waals surface area (Å²) in [5.41, 5.74) is -0.116. The van der Waals surface area contributed by atoms with Crippen LogP contribution >= 0.6 is 0 Å². The maximum Gasteiger partial charge on any atom is 0.323 e. The number of aliphatic hydroxyl groups excluding tert-OH is 1. The number of carbonyl (C=O) groups excluding carboxylic acids is 1. The van der Waals surface area contributed by atoms with Crippen molar-refractivity contribution in [3.05, 3.63) is 0 Å². The summed E-state index contributed by atoms with van der Waals surface area (Å²) in [7, 11) is -4.36. The zero-order valence-corrected chi connectivity index (χ0v) is 10.5. The minimum absolute atomic E-state index is 0.116. The van der Waals surface area contributed by atoms with E-state index in [1.54, 1.807) is 0 Å².